The SMILES string of the molecule is CCn1ccnc1N1Cc2ccccc2CC1C(=O)O. The number of carboxylic acid groups (broad SMARTS) is 1. The van der Waals surface area contributed by atoms with Gasteiger partial charge in [0.25, 0.3) is 0 Å². The molecule has 0 saturated carbocycles. The summed E-state index contributed by atoms with van der Waals surface area (Å²) in [7, 11) is 0. The molecule has 1 aromatic carbocycles. The Labute approximate surface area is 117 Å². The van der Waals surface area contributed by atoms with E-state index in [9.17, 15) is 9.90 Å². The number of aliphatic carboxylic acids is 1. The van der Waals surface area contributed by atoms with Gasteiger partial charge in [-0.25, -0.2) is 9.78 Å². The average Bonchev–Trinajstić information content (AvgIpc) is 2.94. The fraction of sp³-hybridized carbons (Fsp3) is 0.333. The number of hydrogen-bond donors (Lipinski definition) is 1. The zero-order chi connectivity index (χ0) is 14.1. The number of benzene rings is 1. The molecular weight excluding hydrogens is 254 g/mol. The lowest BCUT2D eigenvalue weighted by Crippen LogP contribution is -2.46. The monoisotopic (exact) mass is 271 g/mol. The highest BCUT2D eigenvalue weighted by molar-refractivity contribution is 5.78. The van der Waals surface area contributed by atoms with Crippen LogP contribution in [0.1, 0.15) is 18.1 Å². The Morgan fingerprint density at radius 3 is 2.85 bits per heavy atom. The van der Waals surface area contributed by atoms with Gasteiger partial charge in [0.2, 0.25) is 5.95 Å². The quantitative estimate of drug-likeness (QED) is 0.926. The van der Waals surface area contributed by atoms with E-state index in [0.717, 1.165) is 18.1 Å². The van der Waals surface area contributed by atoms with Crippen LogP contribution in [0, 0.1) is 0 Å². The molecule has 1 aliphatic rings. The molecule has 1 N–H and O–H groups in total. The molecule has 104 valence electrons. The number of hydrogen-bond acceptors (Lipinski definition) is 3. The lowest BCUT2D eigenvalue weighted by atomic mass is 9.94. The largest absolute Gasteiger partial charge is 0.480 e. The van der Waals surface area contributed by atoms with Crippen LogP contribution in [0.5, 0.6) is 0 Å². The molecule has 20 heavy (non-hydrogen) atoms. The van der Waals surface area contributed by atoms with Gasteiger partial charge in [-0.3, -0.25) is 0 Å². The summed E-state index contributed by atoms with van der Waals surface area (Å²) in [5, 5.41) is 9.52. The molecule has 5 nitrogen and oxygen atoms in total. The number of rotatable bonds is 3. The van der Waals surface area contributed by atoms with E-state index in [1.165, 1.54) is 5.56 Å². The normalized spacial score (nSPS) is 17.9. The molecule has 0 radical (unpaired) electrons. The summed E-state index contributed by atoms with van der Waals surface area (Å²) in [6.07, 6.45) is 4.12. The topological polar surface area (TPSA) is 58.4 Å². The highest BCUT2D eigenvalue weighted by Gasteiger charge is 2.33. The number of carbonyl (C=O) groups is 1. The van der Waals surface area contributed by atoms with Crippen LogP contribution in [0.2, 0.25) is 0 Å². The van der Waals surface area contributed by atoms with Crippen molar-refractivity contribution < 1.29 is 9.90 Å². The molecule has 2 heterocycles. The Bertz CT molecular complexity index is 636. The minimum absolute atomic E-state index is 0.516. The maximum atomic E-state index is 11.6. The second-order valence-electron chi connectivity index (χ2n) is 4.97. The molecule has 0 aliphatic carbocycles. The van der Waals surface area contributed by atoms with E-state index in [1.807, 2.05) is 40.8 Å². The third-order valence-corrected chi connectivity index (χ3v) is 3.82. The van der Waals surface area contributed by atoms with Gasteiger partial charge in [-0.15, -0.1) is 0 Å². The number of imidazole rings is 1. The number of nitrogens with zero attached hydrogens (tertiary/aromatic N) is 3. The first-order valence-corrected chi connectivity index (χ1v) is 6.78. The minimum Gasteiger partial charge on any atom is -0.480 e. The molecule has 0 spiro atoms. The van der Waals surface area contributed by atoms with E-state index in [0.29, 0.717) is 13.0 Å². The van der Waals surface area contributed by atoms with Gasteiger partial charge in [-0.2, -0.15) is 0 Å². The number of aryl methyl sites for hydroxylation is 1. The molecule has 2 aromatic rings. The lowest BCUT2D eigenvalue weighted by Gasteiger charge is -2.35. The summed E-state index contributed by atoms with van der Waals surface area (Å²) >= 11 is 0. The van der Waals surface area contributed by atoms with Crippen molar-refractivity contribution in [2.75, 3.05) is 4.90 Å². The van der Waals surface area contributed by atoms with E-state index in [1.54, 1.807) is 6.20 Å². The fourth-order valence-corrected chi connectivity index (χ4v) is 2.76. The fourth-order valence-electron chi connectivity index (χ4n) is 2.76. The van der Waals surface area contributed by atoms with Crippen molar-refractivity contribution in [3.63, 3.8) is 0 Å². The summed E-state index contributed by atoms with van der Waals surface area (Å²) in [5.41, 5.74) is 2.29. The second-order valence-corrected chi connectivity index (χ2v) is 4.97. The maximum absolute atomic E-state index is 11.6. The molecule has 0 amide bonds. The van der Waals surface area contributed by atoms with Crippen LogP contribution in [-0.2, 0) is 24.3 Å². The number of carboxylic acids is 1. The first-order valence-electron chi connectivity index (χ1n) is 6.78. The van der Waals surface area contributed by atoms with Crippen molar-refractivity contribution in [2.24, 2.45) is 0 Å². The van der Waals surface area contributed by atoms with E-state index in [4.69, 9.17) is 0 Å². The highest BCUT2D eigenvalue weighted by atomic mass is 16.4. The van der Waals surface area contributed by atoms with Crippen molar-refractivity contribution >= 4 is 11.9 Å². The molecular formula is C15H17N3O2. The van der Waals surface area contributed by atoms with Gasteiger partial charge < -0.3 is 14.6 Å². The van der Waals surface area contributed by atoms with Crippen LogP contribution in [0.15, 0.2) is 36.7 Å². The summed E-state index contributed by atoms with van der Waals surface area (Å²) in [6, 6.07) is 7.46. The Morgan fingerprint density at radius 2 is 2.15 bits per heavy atom. The second kappa shape index (κ2) is 5.00. The van der Waals surface area contributed by atoms with Gasteiger partial charge in [0.1, 0.15) is 6.04 Å². The van der Waals surface area contributed by atoms with Gasteiger partial charge in [-0.1, -0.05) is 24.3 Å². The number of aromatic nitrogens is 2. The Balaban J connectivity index is 2.03. The van der Waals surface area contributed by atoms with Crippen LogP contribution in [-0.4, -0.2) is 26.7 Å². The van der Waals surface area contributed by atoms with Crippen molar-refractivity contribution in [3.8, 4) is 0 Å². The summed E-state index contributed by atoms with van der Waals surface area (Å²) in [5.74, 6) is -0.0699. The minimum atomic E-state index is -0.801. The first-order chi connectivity index (χ1) is 9.70. The predicted octanol–water partition coefficient (Wildman–Crippen LogP) is 1.92. The van der Waals surface area contributed by atoms with Gasteiger partial charge in [0.05, 0.1) is 0 Å². The molecule has 1 atom stereocenters. The van der Waals surface area contributed by atoms with E-state index in [-0.39, 0.29) is 0 Å². The van der Waals surface area contributed by atoms with Gasteiger partial charge in [0.15, 0.2) is 0 Å². The average molecular weight is 271 g/mol. The Kier molecular flexibility index (Phi) is 3.18. The zero-order valence-electron chi connectivity index (χ0n) is 11.4. The molecule has 1 aromatic heterocycles. The third kappa shape index (κ3) is 2.05. The van der Waals surface area contributed by atoms with Crippen LogP contribution in [0.3, 0.4) is 0 Å². The Morgan fingerprint density at radius 1 is 1.40 bits per heavy atom. The zero-order valence-corrected chi connectivity index (χ0v) is 11.4. The summed E-state index contributed by atoms with van der Waals surface area (Å²) < 4.78 is 1.98. The predicted molar refractivity (Wildman–Crippen MR) is 75.7 cm³/mol. The van der Waals surface area contributed by atoms with Crippen molar-refractivity contribution in [1.82, 2.24) is 9.55 Å². The number of anilines is 1. The highest BCUT2D eigenvalue weighted by Crippen LogP contribution is 2.27. The van der Waals surface area contributed by atoms with Crippen molar-refractivity contribution in [2.45, 2.75) is 32.5 Å². The van der Waals surface area contributed by atoms with E-state index >= 15 is 0 Å². The third-order valence-electron chi connectivity index (χ3n) is 3.82. The number of fused-ring (bicyclic) bond motifs is 1. The van der Waals surface area contributed by atoms with Crippen molar-refractivity contribution in [1.29, 1.82) is 0 Å². The maximum Gasteiger partial charge on any atom is 0.326 e. The molecule has 1 aliphatic heterocycles. The van der Waals surface area contributed by atoms with E-state index < -0.39 is 12.0 Å². The van der Waals surface area contributed by atoms with Gasteiger partial charge >= 0.3 is 5.97 Å². The first kappa shape index (κ1) is 12.7. The molecule has 0 saturated heterocycles. The molecule has 0 fully saturated rings. The smallest absolute Gasteiger partial charge is 0.326 e. The molecule has 5 heteroatoms. The molecule has 3 rings (SSSR count). The van der Waals surface area contributed by atoms with Crippen LogP contribution >= 0.6 is 0 Å². The van der Waals surface area contributed by atoms with Crippen molar-refractivity contribution in [3.05, 3.63) is 47.8 Å². The van der Waals surface area contributed by atoms with Gasteiger partial charge in [0, 0.05) is 31.9 Å². The van der Waals surface area contributed by atoms with Gasteiger partial charge in [-0.05, 0) is 18.1 Å². The van der Waals surface area contributed by atoms with Crippen LogP contribution in [0.4, 0.5) is 5.95 Å². The van der Waals surface area contributed by atoms with Crippen LogP contribution in [0.25, 0.3) is 0 Å². The standard InChI is InChI=1S/C15H17N3O2/c1-2-17-8-7-16-15(17)18-10-12-6-4-3-5-11(12)9-13(18)14(19)20/h3-8,13H,2,9-10H2,1H3,(H,19,20). The summed E-state index contributed by atoms with van der Waals surface area (Å²) in [6.45, 7) is 3.39. The van der Waals surface area contributed by atoms with E-state index in [2.05, 4.69) is 11.1 Å². The Hall–Kier alpha value is -2.30. The molecule has 1 unspecified atom stereocenters. The lowest BCUT2D eigenvalue weighted by molar-refractivity contribution is -0.138. The molecule has 0 bridgehead atoms. The summed E-state index contributed by atoms with van der Waals surface area (Å²) in [4.78, 5) is 17.8. The van der Waals surface area contributed by atoms with Crippen LogP contribution < -0.4 is 4.90 Å².